The van der Waals surface area contributed by atoms with Gasteiger partial charge in [-0.2, -0.15) is 13.2 Å². The van der Waals surface area contributed by atoms with E-state index >= 15 is 41.9 Å². The number of hydrogen-bond donors (Lipinski definition) is 3. The van der Waals surface area contributed by atoms with Crippen LogP contribution >= 0.6 is 0 Å². The maximum absolute atomic E-state index is 15.8. The van der Waals surface area contributed by atoms with Crippen molar-refractivity contribution in [1.29, 1.82) is 0 Å². The molecule has 3 heterocycles. The van der Waals surface area contributed by atoms with Crippen molar-refractivity contribution >= 4 is 70.9 Å². The Bertz CT molecular complexity index is 3500. The highest BCUT2D eigenvalue weighted by Crippen LogP contribution is 2.39. The van der Waals surface area contributed by atoms with Gasteiger partial charge in [-0.25, -0.2) is 17.6 Å². The Labute approximate surface area is 602 Å². The third-order valence-corrected chi connectivity index (χ3v) is 21.4. The number of likely N-dealkylation sites (N-methyl/N-ethyl adjacent to an activating group) is 7. The number of nitrogens with one attached hydrogen (secondary N) is 3. The molecule has 10 atom stereocenters. The number of carbonyl (C=O) groups is 12. The number of alkyl halides is 3. The number of nitrogens with zero attached hydrogens (tertiary/aromatic N) is 9. The lowest BCUT2D eigenvalue weighted by Gasteiger charge is -2.46. The van der Waals surface area contributed by atoms with Gasteiger partial charge in [0.2, 0.25) is 70.9 Å². The monoisotopic (exact) mass is 1470 g/mol. The first-order valence-corrected chi connectivity index (χ1v) is 35.8. The number of hydrogen-bond acceptors (Lipinski definition) is 13. The van der Waals surface area contributed by atoms with Crippen LogP contribution in [0.4, 0.5) is 30.7 Å². The summed E-state index contributed by atoms with van der Waals surface area (Å²) in [6.07, 6.45) is -4.75. The molecule has 2 aromatic rings. The van der Waals surface area contributed by atoms with Crippen LogP contribution in [0.3, 0.4) is 0 Å². The van der Waals surface area contributed by atoms with Crippen LogP contribution in [0, 0.1) is 35.1 Å². The third kappa shape index (κ3) is 19.2. The molecule has 0 aromatic heterocycles. The van der Waals surface area contributed by atoms with Crippen molar-refractivity contribution in [1.82, 2.24) is 60.0 Å². The molecule has 32 heteroatoms. The molecule has 104 heavy (non-hydrogen) atoms. The fraction of sp³-hybridized carbons (Fsp3) is 0.667. The molecule has 0 radical (unpaired) electrons. The van der Waals surface area contributed by atoms with Crippen molar-refractivity contribution in [2.45, 2.75) is 209 Å². The van der Waals surface area contributed by atoms with E-state index in [1.165, 1.54) is 59.1 Å². The van der Waals surface area contributed by atoms with Crippen molar-refractivity contribution in [2.24, 2.45) is 11.8 Å². The minimum atomic E-state index is -5.45. The van der Waals surface area contributed by atoms with Gasteiger partial charge in [0.1, 0.15) is 82.7 Å². The maximum atomic E-state index is 15.8. The molecule has 2 aliphatic carbocycles. The van der Waals surface area contributed by atoms with Crippen LogP contribution in [-0.4, -0.2) is 264 Å². The first-order valence-electron chi connectivity index (χ1n) is 35.8. The zero-order valence-corrected chi connectivity index (χ0v) is 61.5. The SMILES string of the molecule is CCO[C@@H]1C[C@H]2C(=O)NC3(CCC3)C(=O)N(C)[C@@H](C3CCCC3)C(=O)N(C)[C@H](C(=O)N(C)C)CC(=O)N(C)[C@@H](CC)C(=O)N[C@@H]([C@@H](C)CC)C(=O)N(C)CC(=O)N(C)[C@H]3CCCCCN(C3=O)[C@@H](Cc3ccc(F)cc3F)C(=O)N(C)CC(=O)N[C@@H](CCc3cc(F)c(C(F)(F)F)c(F)c3)C(=O)N2C1. The Hall–Kier alpha value is -8.45. The van der Waals surface area contributed by atoms with Gasteiger partial charge >= 0.3 is 6.18 Å². The molecular formula is C72H101F7N12O13. The number of carbonyl (C=O) groups excluding carboxylic acids is 12. The van der Waals surface area contributed by atoms with E-state index in [1.807, 2.05) is 0 Å². The summed E-state index contributed by atoms with van der Waals surface area (Å²) in [5, 5.41) is 8.23. The van der Waals surface area contributed by atoms with Crippen molar-refractivity contribution < 1.29 is 93.0 Å². The van der Waals surface area contributed by atoms with E-state index in [0.29, 0.717) is 69.6 Å². The molecule has 3 N–H and O–H groups in total. The smallest absolute Gasteiger partial charge is 0.377 e. The summed E-state index contributed by atoms with van der Waals surface area (Å²) in [4.78, 5) is 189. The van der Waals surface area contributed by atoms with Gasteiger partial charge in [0, 0.05) is 95.0 Å². The van der Waals surface area contributed by atoms with Gasteiger partial charge in [-0.05, 0) is 112 Å². The number of rotatable bonds is 12. The molecule has 3 saturated heterocycles. The fourth-order valence-electron chi connectivity index (χ4n) is 14.9. The van der Waals surface area contributed by atoms with Gasteiger partial charge in [-0.3, -0.25) is 57.5 Å². The first kappa shape index (κ1) is 82.8. The van der Waals surface area contributed by atoms with E-state index in [-0.39, 0.29) is 69.3 Å². The van der Waals surface area contributed by atoms with Crippen molar-refractivity contribution in [2.75, 3.05) is 89.2 Å². The number of amides is 12. The van der Waals surface area contributed by atoms with E-state index in [1.54, 1.807) is 27.7 Å². The molecule has 2 saturated carbocycles. The van der Waals surface area contributed by atoms with E-state index < -0.39 is 216 Å². The Morgan fingerprint density at radius 3 is 1.88 bits per heavy atom. The average Bonchev–Trinajstić information content (AvgIpc) is 1.21. The van der Waals surface area contributed by atoms with Gasteiger partial charge in [0.15, 0.2) is 0 Å². The largest absolute Gasteiger partial charge is 0.422 e. The molecule has 2 bridgehead atoms. The molecule has 25 nitrogen and oxygen atoms in total. The van der Waals surface area contributed by atoms with Gasteiger partial charge < -0.3 is 64.8 Å². The van der Waals surface area contributed by atoms with Crippen LogP contribution < -0.4 is 16.0 Å². The maximum Gasteiger partial charge on any atom is 0.422 e. The molecule has 5 aliphatic rings. The second-order valence-electron chi connectivity index (χ2n) is 28.7. The zero-order chi connectivity index (χ0) is 77.1. The molecule has 1 spiro atoms. The second-order valence-corrected chi connectivity index (χ2v) is 28.7. The van der Waals surface area contributed by atoms with Crippen molar-refractivity contribution in [3.63, 3.8) is 0 Å². The Kier molecular flexibility index (Phi) is 28.3. The van der Waals surface area contributed by atoms with Crippen molar-refractivity contribution in [3.05, 3.63) is 70.3 Å². The molecule has 12 amide bonds. The third-order valence-electron chi connectivity index (χ3n) is 21.4. The lowest BCUT2D eigenvalue weighted by atomic mass is 9.74. The highest BCUT2D eigenvalue weighted by molar-refractivity contribution is 6.01. The number of ether oxygens (including phenoxy) is 1. The normalized spacial score (nSPS) is 26.3. The highest BCUT2D eigenvalue weighted by atomic mass is 19.4. The minimum Gasteiger partial charge on any atom is -0.377 e. The van der Waals surface area contributed by atoms with E-state index in [9.17, 15) is 46.3 Å². The van der Waals surface area contributed by atoms with Crippen LogP contribution in [0.5, 0.6) is 0 Å². The topological polar surface area (TPSA) is 279 Å². The predicted octanol–water partition coefficient (Wildman–Crippen LogP) is 4.59. The van der Waals surface area contributed by atoms with Gasteiger partial charge in [0.05, 0.1) is 25.6 Å². The van der Waals surface area contributed by atoms with E-state index in [0.717, 1.165) is 53.5 Å². The lowest BCUT2D eigenvalue weighted by Crippen LogP contribution is -2.68. The minimum absolute atomic E-state index is 0.00212. The molecule has 3 aliphatic heterocycles. The summed E-state index contributed by atoms with van der Waals surface area (Å²) < 4.78 is 108. The Morgan fingerprint density at radius 1 is 0.663 bits per heavy atom. The average molecular weight is 1480 g/mol. The molecular weight excluding hydrogens is 1370 g/mol. The summed E-state index contributed by atoms with van der Waals surface area (Å²) >= 11 is 0. The van der Waals surface area contributed by atoms with Crippen LogP contribution in [0.1, 0.15) is 147 Å². The summed E-state index contributed by atoms with van der Waals surface area (Å²) in [6.45, 7) is 4.71. The highest BCUT2D eigenvalue weighted by Gasteiger charge is 2.54. The van der Waals surface area contributed by atoms with Crippen LogP contribution in [0.15, 0.2) is 30.3 Å². The molecule has 0 unspecified atom stereocenters. The Balaban J connectivity index is 1.33. The summed E-state index contributed by atoms with van der Waals surface area (Å²) in [5.74, 6) is -17.0. The van der Waals surface area contributed by atoms with Crippen LogP contribution in [0.2, 0.25) is 0 Å². The quantitative estimate of drug-likeness (QED) is 0.246. The standard InChI is InChI=1S/C72H101F7N12O13/c1-13-41(4)60-68(101)85(8)40-58(94)87(10)52-24-17-16-20-31-90(67(52)100)55(34-44-26-27-45(73)35-47(44)74)66(99)84(7)39-56(92)80-50(28-25-42-32-48(75)59(49(76)33-42)72(77,78)79)64(97)91-38-46(104-15-3)36-53(91)63(96)82-71(29-21-30-71)70(103)89(12)61(43-22-18-19-23-43)69(102)88(11)54(65(98)83(5)6)37-57(93)86(9)51(14-2)62(95)81-60/h26-27,32-33,35,41,43,46,50-55,60-61H,13-25,28-31,34,36-40H2,1-12H3,(H,80,92)(H,81,95)(H,82,96)/t41-,46+,50-,51-,52-,53-,54-,55-,60-,61-/m0/s1. The second kappa shape index (κ2) is 35.6. The van der Waals surface area contributed by atoms with Gasteiger partial charge in [-0.1, -0.05) is 58.9 Å². The van der Waals surface area contributed by atoms with Crippen LogP contribution in [0.25, 0.3) is 0 Å². The van der Waals surface area contributed by atoms with Gasteiger partial charge in [0.25, 0.3) is 0 Å². The predicted molar refractivity (Wildman–Crippen MR) is 364 cm³/mol. The molecule has 576 valence electrons. The summed E-state index contributed by atoms with van der Waals surface area (Å²) in [5.41, 5.74) is -4.51. The molecule has 7 rings (SSSR count). The lowest BCUT2D eigenvalue weighted by molar-refractivity contribution is -0.157. The van der Waals surface area contributed by atoms with Gasteiger partial charge in [-0.15, -0.1) is 0 Å². The number of benzene rings is 2. The summed E-state index contributed by atoms with van der Waals surface area (Å²) in [6, 6.07) is -8.27. The zero-order valence-electron chi connectivity index (χ0n) is 61.5. The number of aryl methyl sites for hydroxylation is 1. The van der Waals surface area contributed by atoms with Crippen LogP contribution in [-0.2, 0) is 81.3 Å². The van der Waals surface area contributed by atoms with E-state index in [4.69, 9.17) is 4.74 Å². The number of fused-ring (bicyclic) bond motifs is 3. The fourth-order valence-corrected chi connectivity index (χ4v) is 14.9. The molecule has 2 aromatic carbocycles. The number of halogens is 7. The van der Waals surface area contributed by atoms with Crippen molar-refractivity contribution in [3.8, 4) is 0 Å². The van der Waals surface area contributed by atoms with E-state index in [2.05, 4.69) is 16.0 Å². The Morgan fingerprint density at radius 2 is 1.30 bits per heavy atom. The molecule has 5 fully saturated rings. The summed E-state index contributed by atoms with van der Waals surface area (Å²) in [7, 11) is 10.7. The first-order chi connectivity index (χ1) is 48.9.